The molecule has 0 aliphatic carbocycles. The number of hydrogen-bond donors (Lipinski definition) is 1. The second kappa shape index (κ2) is 4.81. The fourth-order valence-electron chi connectivity index (χ4n) is 1.19. The van der Waals surface area contributed by atoms with Crippen LogP contribution in [-0.4, -0.2) is 19.6 Å². The van der Waals surface area contributed by atoms with Crippen molar-refractivity contribution >= 4 is 5.97 Å². The van der Waals surface area contributed by atoms with Crippen LogP contribution in [0.3, 0.4) is 0 Å². The molecule has 4 heteroatoms. The first-order valence-corrected chi connectivity index (χ1v) is 4.57. The summed E-state index contributed by atoms with van der Waals surface area (Å²) in [6.07, 6.45) is 0. The van der Waals surface area contributed by atoms with Crippen LogP contribution in [0.5, 0.6) is 0 Å². The van der Waals surface area contributed by atoms with Crippen LogP contribution in [-0.2, 0) is 11.3 Å². The molecule has 0 atom stereocenters. The Labute approximate surface area is 83.2 Å². The molecule has 1 aromatic heterocycles. The van der Waals surface area contributed by atoms with Crippen molar-refractivity contribution in [2.45, 2.75) is 20.4 Å². The number of ether oxygens (including phenoxy) is 1. The summed E-state index contributed by atoms with van der Waals surface area (Å²) >= 11 is 0. The highest BCUT2D eigenvalue weighted by Crippen LogP contribution is 2.15. The van der Waals surface area contributed by atoms with E-state index in [9.17, 15) is 4.79 Å². The van der Waals surface area contributed by atoms with Crippen molar-refractivity contribution in [1.82, 2.24) is 5.32 Å². The van der Waals surface area contributed by atoms with Gasteiger partial charge >= 0.3 is 5.97 Å². The van der Waals surface area contributed by atoms with Crippen LogP contribution < -0.4 is 5.32 Å². The lowest BCUT2D eigenvalue weighted by Crippen LogP contribution is -2.10. The van der Waals surface area contributed by atoms with Gasteiger partial charge in [0.1, 0.15) is 17.1 Å². The average molecular weight is 197 g/mol. The van der Waals surface area contributed by atoms with E-state index >= 15 is 0 Å². The molecule has 1 N–H and O–H groups in total. The van der Waals surface area contributed by atoms with Crippen LogP contribution in [0.2, 0.25) is 0 Å². The van der Waals surface area contributed by atoms with E-state index in [1.54, 1.807) is 13.0 Å². The van der Waals surface area contributed by atoms with Gasteiger partial charge in [-0.15, -0.1) is 0 Å². The second-order valence-electron chi connectivity index (χ2n) is 2.95. The Kier molecular flexibility index (Phi) is 3.71. The zero-order valence-corrected chi connectivity index (χ0v) is 8.72. The van der Waals surface area contributed by atoms with Crippen LogP contribution in [0.1, 0.15) is 28.8 Å². The maximum absolute atomic E-state index is 11.2. The Morgan fingerprint density at radius 1 is 1.64 bits per heavy atom. The molecule has 0 saturated heterocycles. The lowest BCUT2D eigenvalue weighted by Gasteiger charge is -1.95. The summed E-state index contributed by atoms with van der Waals surface area (Å²) in [5.41, 5.74) is 0.500. The third-order valence-electron chi connectivity index (χ3n) is 1.92. The van der Waals surface area contributed by atoms with Crippen LogP contribution in [0.15, 0.2) is 10.5 Å². The minimum absolute atomic E-state index is 0.353. The summed E-state index contributed by atoms with van der Waals surface area (Å²) < 4.78 is 9.99. The van der Waals surface area contributed by atoms with Gasteiger partial charge in [0.2, 0.25) is 0 Å². The number of rotatable bonds is 4. The highest BCUT2D eigenvalue weighted by molar-refractivity contribution is 5.90. The van der Waals surface area contributed by atoms with Crippen LogP contribution in [0.4, 0.5) is 0 Å². The van der Waals surface area contributed by atoms with Gasteiger partial charge in [0, 0.05) is 0 Å². The molecule has 0 aliphatic rings. The lowest BCUT2D eigenvalue weighted by molar-refractivity contribution is 0.0599. The molecule has 0 bridgehead atoms. The molecule has 1 rings (SSSR count). The smallest absolute Gasteiger partial charge is 0.341 e. The molecule has 14 heavy (non-hydrogen) atoms. The average Bonchev–Trinajstić information content (AvgIpc) is 2.55. The first-order chi connectivity index (χ1) is 6.69. The molecule has 1 heterocycles. The van der Waals surface area contributed by atoms with E-state index < -0.39 is 0 Å². The van der Waals surface area contributed by atoms with E-state index in [1.165, 1.54) is 7.11 Å². The van der Waals surface area contributed by atoms with Crippen molar-refractivity contribution in [2.24, 2.45) is 0 Å². The summed E-state index contributed by atoms with van der Waals surface area (Å²) in [5.74, 6) is 1.00. The van der Waals surface area contributed by atoms with Gasteiger partial charge in [0.15, 0.2) is 0 Å². The fourth-order valence-corrected chi connectivity index (χ4v) is 1.19. The fraction of sp³-hybridized carbons (Fsp3) is 0.500. The number of esters is 1. The highest BCUT2D eigenvalue weighted by atomic mass is 16.5. The standard InChI is InChI=1S/C10H15NO3/c1-4-11-6-8-5-9(7(2)14-8)10(12)13-3/h5,11H,4,6H2,1-3H3. The lowest BCUT2D eigenvalue weighted by atomic mass is 10.2. The minimum atomic E-state index is -0.353. The molecular weight excluding hydrogens is 182 g/mol. The van der Waals surface area contributed by atoms with Gasteiger partial charge in [0.05, 0.1) is 13.7 Å². The first kappa shape index (κ1) is 10.8. The predicted octanol–water partition coefficient (Wildman–Crippen LogP) is 1.48. The molecule has 0 aliphatic heterocycles. The summed E-state index contributed by atoms with van der Waals surface area (Å²) in [4.78, 5) is 11.2. The van der Waals surface area contributed by atoms with Crippen molar-refractivity contribution in [3.63, 3.8) is 0 Å². The summed E-state index contributed by atoms with van der Waals surface area (Å²) in [5, 5.41) is 3.12. The van der Waals surface area contributed by atoms with Crippen molar-refractivity contribution in [3.8, 4) is 0 Å². The van der Waals surface area contributed by atoms with Crippen LogP contribution in [0, 0.1) is 6.92 Å². The van der Waals surface area contributed by atoms with Crippen molar-refractivity contribution in [1.29, 1.82) is 0 Å². The highest BCUT2D eigenvalue weighted by Gasteiger charge is 2.14. The van der Waals surface area contributed by atoms with Crippen molar-refractivity contribution in [3.05, 3.63) is 23.2 Å². The maximum atomic E-state index is 11.2. The Morgan fingerprint density at radius 2 is 2.36 bits per heavy atom. The van der Waals surface area contributed by atoms with E-state index in [4.69, 9.17) is 4.42 Å². The molecular formula is C10H15NO3. The van der Waals surface area contributed by atoms with Gasteiger partial charge in [-0.3, -0.25) is 0 Å². The number of nitrogens with one attached hydrogen (secondary N) is 1. The van der Waals surface area contributed by atoms with Gasteiger partial charge in [0.25, 0.3) is 0 Å². The van der Waals surface area contributed by atoms with E-state index in [0.717, 1.165) is 12.3 Å². The normalized spacial score (nSPS) is 10.2. The molecule has 0 saturated carbocycles. The van der Waals surface area contributed by atoms with Gasteiger partial charge in [-0.1, -0.05) is 6.92 Å². The Bertz CT molecular complexity index is 317. The third-order valence-corrected chi connectivity index (χ3v) is 1.92. The van der Waals surface area contributed by atoms with Crippen LogP contribution in [0.25, 0.3) is 0 Å². The van der Waals surface area contributed by atoms with Gasteiger partial charge in [-0.2, -0.15) is 0 Å². The monoisotopic (exact) mass is 197 g/mol. The first-order valence-electron chi connectivity index (χ1n) is 4.57. The number of carbonyl (C=O) groups is 1. The largest absolute Gasteiger partial charge is 0.465 e. The third kappa shape index (κ3) is 2.35. The van der Waals surface area contributed by atoms with E-state index in [-0.39, 0.29) is 5.97 Å². The molecule has 0 aromatic carbocycles. The Hall–Kier alpha value is -1.29. The number of furan rings is 1. The second-order valence-corrected chi connectivity index (χ2v) is 2.95. The van der Waals surface area contributed by atoms with Crippen molar-refractivity contribution < 1.29 is 13.9 Å². The van der Waals surface area contributed by atoms with E-state index in [2.05, 4.69) is 10.1 Å². The topological polar surface area (TPSA) is 51.5 Å². The van der Waals surface area contributed by atoms with Crippen molar-refractivity contribution in [2.75, 3.05) is 13.7 Å². The molecule has 1 aromatic rings. The SMILES string of the molecule is CCNCc1cc(C(=O)OC)c(C)o1. The Morgan fingerprint density at radius 3 is 2.93 bits per heavy atom. The van der Waals surface area contributed by atoms with Gasteiger partial charge < -0.3 is 14.5 Å². The molecule has 4 nitrogen and oxygen atoms in total. The zero-order valence-electron chi connectivity index (χ0n) is 8.72. The summed E-state index contributed by atoms with van der Waals surface area (Å²) in [7, 11) is 1.36. The molecule has 0 spiro atoms. The maximum Gasteiger partial charge on any atom is 0.341 e. The number of hydrogen-bond acceptors (Lipinski definition) is 4. The molecule has 0 unspecified atom stereocenters. The zero-order chi connectivity index (χ0) is 10.6. The number of methoxy groups -OCH3 is 1. The minimum Gasteiger partial charge on any atom is -0.465 e. The Balaban J connectivity index is 2.77. The number of carbonyl (C=O) groups excluding carboxylic acids is 1. The quantitative estimate of drug-likeness (QED) is 0.743. The predicted molar refractivity (Wildman–Crippen MR) is 52.2 cm³/mol. The van der Waals surface area contributed by atoms with Gasteiger partial charge in [-0.25, -0.2) is 4.79 Å². The summed E-state index contributed by atoms with van der Waals surface area (Å²) in [6.45, 7) is 5.26. The van der Waals surface area contributed by atoms with Crippen LogP contribution >= 0.6 is 0 Å². The molecule has 0 radical (unpaired) electrons. The van der Waals surface area contributed by atoms with E-state index in [0.29, 0.717) is 17.9 Å². The van der Waals surface area contributed by atoms with Gasteiger partial charge in [-0.05, 0) is 19.5 Å². The number of aryl methyl sites for hydroxylation is 1. The molecule has 0 fully saturated rings. The molecule has 78 valence electrons. The van der Waals surface area contributed by atoms with E-state index in [1.807, 2.05) is 6.92 Å². The summed E-state index contributed by atoms with van der Waals surface area (Å²) in [6, 6.07) is 1.71. The molecule has 0 amide bonds.